The van der Waals surface area contributed by atoms with E-state index in [9.17, 15) is 10.4 Å². The topological polar surface area (TPSA) is 83.5 Å². The van der Waals surface area contributed by atoms with Crippen LogP contribution in [0, 0.1) is 11.3 Å². The third-order valence-electron chi connectivity index (χ3n) is 4.81. The van der Waals surface area contributed by atoms with E-state index in [1.165, 1.54) is 0 Å². The summed E-state index contributed by atoms with van der Waals surface area (Å²) in [5.41, 5.74) is 2.87. The van der Waals surface area contributed by atoms with Crippen molar-refractivity contribution >= 4 is 16.6 Å². The summed E-state index contributed by atoms with van der Waals surface area (Å²) in [5, 5.41) is 20.4. The molecular formula is C23H26N4O3. The maximum atomic E-state index is 10.7. The molecule has 0 amide bonds. The van der Waals surface area contributed by atoms with E-state index >= 15 is 0 Å². The summed E-state index contributed by atoms with van der Waals surface area (Å²) in [5.74, 6) is 1.80. The molecule has 2 aromatic carbocycles. The van der Waals surface area contributed by atoms with Crippen molar-refractivity contribution in [3.05, 3.63) is 59.6 Å². The van der Waals surface area contributed by atoms with Gasteiger partial charge in [0, 0.05) is 13.6 Å². The van der Waals surface area contributed by atoms with E-state index in [1.807, 2.05) is 73.0 Å². The number of methoxy groups -OCH3 is 1. The average Bonchev–Trinajstić information content (AvgIpc) is 3.06. The summed E-state index contributed by atoms with van der Waals surface area (Å²) in [6.07, 6.45) is 0. The van der Waals surface area contributed by atoms with Gasteiger partial charge in [0.25, 0.3) is 0 Å². The van der Waals surface area contributed by atoms with Crippen molar-refractivity contribution in [2.75, 3.05) is 27.3 Å². The number of ether oxygens (including phenoxy) is 2. The Bertz CT molecular complexity index is 1110. The SMILES string of the molecule is CCOc1ccc(CN(C)C/C(O)=C(\C#N)c2nc3ccccc3n2C)cc1OC. The fourth-order valence-electron chi connectivity index (χ4n) is 3.40. The second-order valence-electron chi connectivity index (χ2n) is 7.01. The summed E-state index contributed by atoms with van der Waals surface area (Å²) in [7, 11) is 5.32. The minimum atomic E-state index is -0.0173. The summed E-state index contributed by atoms with van der Waals surface area (Å²) < 4.78 is 12.8. The molecule has 7 heteroatoms. The number of hydrogen-bond acceptors (Lipinski definition) is 6. The smallest absolute Gasteiger partial charge is 0.161 e. The quantitative estimate of drug-likeness (QED) is 0.451. The Morgan fingerprint density at radius 3 is 2.67 bits per heavy atom. The van der Waals surface area contributed by atoms with Crippen molar-refractivity contribution in [3.63, 3.8) is 0 Å². The number of hydrogen-bond donors (Lipinski definition) is 1. The van der Waals surface area contributed by atoms with Crippen LogP contribution in [-0.2, 0) is 13.6 Å². The van der Waals surface area contributed by atoms with E-state index in [-0.39, 0.29) is 17.9 Å². The number of rotatable bonds is 8. The van der Waals surface area contributed by atoms with Crippen molar-refractivity contribution in [3.8, 4) is 17.6 Å². The van der Waals surface area contributed by atoms with E-state index in [0.717, 1.165) is 16.6 Å². The Morgan fingerprint density at radius 2 is 2.00 bits per heavy atom. The lowest BCUT2D eigenvalue weighted by Gasteiger charge is -2.18. The van der Waals surface area contributed by atoms with E-state index in [4.69, 9.17) is 9.47 Å². The Balaban J connectivity index is 1.80. The molecule has 0 unspecified atom stereocenters. The number of aromatic nitrogens is 2. The first kappa shape index (κ1) is 21.2. The van der Waals surface area contributed by atoms with Crippen molar-refractivity contribution in [1.82, 2.24) is 14.5 Å². The van der Waals surface area contributed by atoms with Gasteiger partial charge in [-0.25, -0.2) is 4.98 Å². The lowest BCUT2D eigenvalue weighted by molar-refractivity contribution is 0.284. The van der Waals surface area contributed by atoms with Gasteiger partial charge in [-0.3, -0.25) is 4.90 Å². The minimum Gasteiger partial charge on any atom is -0.509 e. The summed E-state index contributed by atoms with van der Waals surface area (Å²) >= 11 is 0. The number of aliphatic hydroxyl groups is 1. The van der Waals surface area contributed by atoms with Gasteiger partial charge in [0.1, 0.15) is 17.4 Å². The first-order chi connectivity index (χ1) is 14.5. The second kappa shape index (κ2) is 9.33. The van der Waals surface area contributed by atoms with Gasteiger partial charge in [0.15, 0.2) is 17.3 Å². The Morgan fingerprint density at radius 1 is 1.23 bits per heavy atom. The molecule has 7 nitrogen and oxygen atoms in total. The van der Waals surface area contributed by atoms with Crippen molar-refractivity contribution in [2.45, 2.75) is 13.5 Å². The van der Waals surface area contributed by atoms with E-state index in [0.29, 0.717) is 30.5 Å². The molecule has 0 radical (unpaired) electrons. The molecule has 0 saturated carbocycles. The second-order valence-corrected chi connectivity index (χ2v) is 7.01. The van der Waals surface area contributed by atoms with E-state index < -0.39 is 0 Å². The molecule has 30 heavy (non-hydrogen) atoms. The van der Waals surface area contributed by atoms with Crippen LogP contribution in [0.25, 0.3) is 16.6 Å². The number of allylic oxidation sites excluding steroid dienone is 1. The van der Waals surface area contributed by atoms with Crippen LogP contribution in [0.2, 0.25) is 0 Å². The fraction of sp³-hybridized carbons (Fsp3) is 0.304. The highest BCUT2D eigenvalue weighted by atomic mass is 16.5. The maximum Gasteiger partial charge on any atom is 0.161 e. The zero-order valence-electron chi connectivity index (χ0n) is 17.7. The number of para-hydroxylation sites is 2. The van der Waals surface area contributed by atoms with Crippen LogP contribution < -0.4 is 9.47 Å². The summed E-state index contributed by atoms with van der Waals surface area (Å²) in [4.78, 5) is 6.44. The van der Waals surface area contributed by atoms with E-state index in [1.54, 1.807) is 7.11 Å². The minimum absolute atomic E-state index is 0.0173. The lowest BCUT2D eigenvalue weighted by Crippen LogP contribution is -2.21. The molecule has 1 N–H and O–H groups in total. The summed E-state index contributed by atoms with van der Waals surface area (Å²) in [6, 6.07) is 15.5. The van der Waals surface area contributed by atoms with Gasteiger partial charge >= 0.3 is 0 Å². The van der Waals surface area contributed by atoms with Crippen molar-refractivity contribution < 1.29 is 14.6 Å². The van der Waals surface area contributed by atoms with Crippen LogP contribution in [0.15, 0.2) is 48.2 Å². The van der Waals surface area contributed by atoms with Gasteiger partial charge in [-0.2, -0.15) is 5.26 Å². The molecule has 0 spiro atoms. The number of likely N-dealkylation sites (N-methyl/N-ethyl adjacent to an activating group) is 1. The van der Waals surface area contributed by atoms with E-state index in [2.05, 4.69) is 11.1 Å². The normalized spacial score (nSPS) is 12.0. The van der Waals surface area contributed by atoms with Gasteiger partial charge in [-0.1, -0.05) is 18.2 Å². The Hall–Kier alpha value is -3.50. The standard InChI is InChI=1S/C23H26N4O3/c1-5-30-21-11-10-16(12-22(21)29-4)14-26(2)15-20(28)17(13-24)23-25-18-8-6-7-9-19(18)27(23)3/h6-12,28H,5,14-15H2,1-4H3/b20-17-. The van der Waals surface area contributed by atoms with Crippen LogP contribution in [0.5, 0.6) is 11.5 Å². The predicted octanol–water partition coefficient (Wildman–Crippen LogP) is 3.91. The number of fused-ring (bicyclic) bond motifs is 1. The van der Waals surface area contributed by atoms with Gasteiger partial charge in [0.05, 0.1) is 31.3 Å². The molecule has 1 heterocycles. The highest BCUT2D eigenvalue weighted by Crippen LogP contribution is 2.28. The van der Waals surface area contributed by atoms with Crippen LogP contribution in [0.3, 0.4) is 0 Å². The van der Waals surface area contributed by atoms with Gasteiger partial charge in [-0.15, -0.1) is 0 Å². The highest BCUT2D eigenvalue weighted by molar-refractivity contribution is 5.83. The Labute approximate surface area is 176 Å². The third-order valence-corrected chi connectivity index (χ3v) is 4.81. The average molecular weight is 406 g/mol. The highest BCUT2D eigenvalue weighted by Gasteiger charge is 2.17. The van der Waals surface area contributed by atoms with Gasteiger partial charge < -0.3 is 19.1 Å². The molecule has 0 aliphatic heterocycles. The molecule has 3 aromatic rings. The summed E-state index contributed by atoms with van der Waals surface area (Å²) in [6.45, 7) is 3.26. The molecular weight excluding hydrogens is 380 g/mol. The predicted molar refractivity (Wildman–Crippen MR) is 116 cm³/mol. The molecule has 3 rings (SSSR count). The molecule has 1 aromatic heterocycles. The van der Waals surface area contributed by atoms with Crippen molar-refractivity contribution in [2.24, 2.45) is 7.05 Å². The fourth-order valence-corrected chi connectivity index (χ4v) is 3.40. The molecule has 0 saturated heterocycles. The number of aryl methyl sites for hydroxylation is 1. The number of benzene rings is 2. The monoisotopic (exact) mass is 406 g/mol. The van der Waals surface area contributed by atoms with Crippen LogP contribution in [0.4, 0.5) is 0 Å². The first-order valence-corrected chi connectivity index (χ1v) is 9.70. The zero-order valence-corrected chi connectivity index (χ0v) is 17.7. The largest absolute Gasteiger partial charge is 0.509 e. The van der Waals surface area contributed by atoms with Gasteiger partial charge in [0.2, 0.25) is 0 Å². The molecule has 0 bridgehead atoms. The molecule has 0 atom stereocenters. The number of aliphatic hydroxyl groups excluding tert-OH is 1. The maximum absolute atomic E-state index is 10.7. The van der Waals surface area contributed by atoms with Crippen LogP contribution in [-0.4, -0.2) is 46.9 Å². The van der Waals surface area contributed by atoms with Crippen LogP contribution in [0.1, 0.15) is 18.3 Å². The number of imidazole rings is 1. The van der Waals surface area contributed by atoms with Gasteiger partial charge in [-0.05, 0) is 43.8 Å². The zero-order chi connectivity index (χ0) is 21.7. The Kier molecular flexibility index (Phi) is 6.60. The lowest BCUT2D eigenvalue weighted by atomic mass is 10.1. The molecule has 0 aliphatic rings. The number of nitrogens with zero attached hydrogens (tertiary/aromatic N) is 4. The number of nitriles is 1. The van der Waals surface area contributed by atoms with Crippen molar-refractivity contribution in [1.29, 1.82) is 5.26 Å². The first-order valence-electron chi connectivity index (χ1n) is 9.70. The molecule has 0 aliphatic carbocycles. The molecule has 156 valence electrons. The van der Waals surface area contributed by atoms with Crippen LogP contribution >= 0.6 is 0 Å². The third kappa shape index (κ3) is 4.39. The molecule has 0 fully saturated rings.